The van der Waals surface area contributed by atoms with Crippen LogP contribution in [0.1, 0.15) is 81.8 Å². The summed E-state index contributed by atoms with van der Waals surface area (Å²) in [5.41, 5.74) is 2.77. The molecule has 2 fully saturated rings. The van der Waals surface area contributed by atoms with Gasteiger partial charge in [0, 0.05) is 31.3 Å². The molecule has 3 heteroatoms. The molecule has 3 nitrogen and oxygen atoms in total. The first-order chi connectivity index (χ1) is 13.7. The lowest BCUT2D eigenvalue weighted by Crippen LogP contribution is -2.49. The summed E-state index contributed by atoms with van der Waals surface area (Å²) < 4.78 is 0. The minimum Gasteiger partial charge on any atom is -0.339 e. The molecule has 4 rings (SSSR count). The molecule has 1 aliphatic heterocycles. The van der Waals surface area contributed by atoms with E-state index in [2.05, 4.69) is 29.2 Å². The number of Topliss-reactive ketones (excluding diaryl/α,β-unsaturated/α-hetero) is 1. The Morgan fingerprint density at radius 1 is 0.893 bits per heavy atom. The number of carbonyl (C=O) groups is 2. The molecule has 0 N–H and O–H groups in total. The minimum atomic E-state index is 0.150. The van der Waals surface area contributed by atoms with E-state index < -0.39 is 0 Å². The lowest BCUT2D eigenvalue weighted by molar-refractivity contribution is -0.137. The Labute approximate surface area is 169 Å². The molecule has 0 aromatic heterocycles. The number of hydrogen-bond acceptors (Lipinski definition) is 2. The first-order valence-corrected chi connectivity index (χ1v) is 11.6. The van der Waals surface area contributed by atoms with Crippen LogP contribution in [0.25, 0.3) is 0 Å². The van der Waals surface area contributed by atoms with Crippen molar-refractivity contribution in [2.45, 2.75) is 89.5 Å². The van der Waals surface area contributed by atoms with Crippen molar-refractivity contribution in [3.05, 3.63) is 35.4 Å². The van der Waals surface area contributed by atoms with Crippen molar-refractivity contribution in [1.29, 1.82) is 0 Å². The zero-order valence-corrected chi connectivity index (χ0v) is 17.2. The Hall–Kier alpha value is -1.64. The molecule has 28 heavy (non-hydrogen) atoms. The van der Waals surface area contributed by atoms with Gasteiger partial charge in [-0.25, -0.2) is 0 Å². The monoisotopic (exact) mass is 381 g/mol. The van der Waals surface area contributed by atoms with Crippen molar-refractivity contribution in [1.82, 2.24) is 4.90 Å². The van der Waals surface area contributed by atoms with E-state index >= 15 is 0 Å². The van der Waals surface area contributed by atoms with Crippen LogP contribution in [-0.4, -0.2) is 29.2 Å². The smallest absolute Gasteiger partial charge is 0.222 e. The molecule has 1 saturated heterocycles. The molecule has 1 saturated carbocycles. The quantitative estimate of drug-likeness (QED) is 0.665. The normalized spacial score (nSPS) is 27.4. The Morgan fingerprint density at radius 2 is 1.68 bits per heavy atom. The molecular weight excluding hydrogens is 346 g/mol. The summed E-state index contributed by atoms with van der Waals surface area (Å²) in [6.45, 7) is 0.938. The fourth-order valence-corrected chi connectivity index (χ4v) is 5.88. The minimum absolute atomic E-state index is 0.150. The van der Waals surface area contributed by atoms with Crippen molar-refractivity contribution >= 4 is 11.7 Å². The van der Waals surface area contributed by atoms with Crippen molar-refractivity contribution in [3.63, 3.8) is 0 Å². The summed E-state index contributed by atoms with van der Waals surface area (Å²) >= 11 is 0. The summed E-state index contributed by atoms with van der Waals surface area (Å²) in [4.78, 5) is 27.8. The summed E-state index contributed by atoms with van der Waals surface area (Å²) in [5.74, 6) is 1.56. The van der Waals surface area contributed by atoms with Gasteiger partial charge in [0.1, 0.15) is 5.78 Å². The average Bonchev–Trinajstić information content (AvgIpc) is 2.95. The molecule has 1 amide bonds. The van der Waals surface area contributed by atoms with Gasteiger partial charge in [-0.15, -0.1) is 0 Å². The van der Waals surface area contributed by atoms with Gasteiger partial charge in [-0.3, -0.25) is 9.59 Å². The van der Waals surface area contributed by atoms with Gasteiger partial charge in [0.25, 0.3) is 0 Å². The Balaban J connectivity index is 1.26. The lowest BCUT2D eigenvalue weighted by Gasteiger charge is -2.44. The number of likely N-dealkylation sites (tertiary alicyclic amines) is 1. The molecule has 0 bridgehead atoms. The fraction of sp³-hybridized carbons (Fsp3) is 0.680. The number of piperidine rings is 1. The number of hydrogen-bond donors (Lipinski definition) is 0. The van der Waals surface area contributed by atoms with Crippen LogP contribution in [0.3, 0.4) is 0 Å². The molecule has 1 heterocycles. The van der Waals surface area contributed by atoms with Crippen molar-refractivity contribution < 1.29 is 9.59 Å². The first kappa shape index (κ1) is 19.7. The molecule has 3 unspecified atom stereocenters. The van der Waals surface area contributed by atoms with E-state index in [9.17, 15) is 9.59 Å². The van der Waals surface area contributed by atoms with E-state index in [4.69, 9.17) is 0 Å². The molecule has 0 spiro atoms. The van der Waals surface area contributed by atoms with Crippen LogP contribution in [0.4, 0.5) is 0 Å². The second kappa shape index (κ2) is 9.24. The highest BCUT2D eigenvalue weighted by Gasteiger charge is 2.35. The molecule has 152 valence electrons. The van der Waals surface area contributed by atoms with Crippen molar-refractivity contribution in [3.8, 4) is 0 Å². The second-order valence-corrected chi connectivity index (χ2v) is 9.22. The highest BCUT2D eigenvalue weighted by atomic mass is 16.2. The lowest BCUT2D eigenvalue weighted by atomic mass is 9.78. The summed E-state index contributed by atoms with van der Waals surface area (Å²) in [6.07, 6.45) is 13.5. The highest BCUT2D eigenvalue weighted by Crippen LogP contribution is 2.35. The van der Waals surface area contributed by atoms with Gasteiger partial charge in [-0.2, -0.15) is 0 Å². The molecule has 1 aromatic carbocycles. The zero-order chi connectivity index (χ0) is 19.3. The standard InChI is InChI=1S/C25H35NO2/c27-24(22-12-5-11-19-8-1-2-10-21(19)18-22)15-6-16-25(28)26-17-7-13-20-9-3-4-14-23(20)26/h1-2,8,10,20,22-23H,3-7,9,11-18H2. The average molecular weight is 382 g/mol. The van der Waals surface area contributed by atoms with Gasteiger partial charge in [-0.05, 0) is 74.8 Å². The Bertz CT molecular complexity index is 696. The van der Waals surface area contributed by atoms with E-state index in [0.717, 1.165) is 51.0 Å². The maximum Gasteiger partial charge on any atom is 0.222 e. The van der Waals surface area contributed by atoms with Crippen LogP contribution >= 0.6 is 0 Å². The van der Waals surface area contributed by atoms with E-state index in [1.165, 1.54) is 43.2 Å². The fourth-order valence-electron chi connectivity index (χ4n) is 5.88. The van der Waals surface area contributed by atoms with E-state index in [0.29, 0.717) is 30.6 Å². The number of aryl methyl sites for hydroxylation is 1. The largest absolute Gasteiger partial charge is 0.339 e. The number of carbonyl (C=O) groups excluding carboxylic acids is 2. The topological polar surface area (TPSA) is 37.4 Å². The number of benzene rings is 1. The summed E-state index contributed by atoms with van der Waals surface area (Å²) in [7, 11) is 0. The number of ketones is 1. The van der Waals surface area contributed by atoms with Gasteiger partial charge in [-0.1, -0.05) is 37.1 Å². The SMILES string of the molecule is O=C(CCCC(=O)N1CCCC2CCCCC21)C1CCCc2ccccc2C1. The van der Waals surface area contributed by atoms with Gasteiger partial charge in [0.05, 0.1) is 0 Å². The highest BCUT2D eigenvalue weighted by molar-refractivity contribution is 5.82. The predicted octanol–water partition coefficient (Wildman–Crippen LogP) is 5.10. The van der Waals surface area contributed by atoms with Crippen LogP contribution in [0.15, 0.2) is 24.3 Å². The van der Waals surface area contributed by atoms with Gasteiger partial charge in [0.2, 0.25) is 5.91 Å². The van der Waals surface area contributed by atoms with Crippen molar-refractivity contribution in [2.75, 3.05) is 6.54 Å². The van der Waals surface area contributed by atoms with E-state index in [1.807, 2.05) is 0 Å². The predicted molar refractivity (Wildman–Crippen MR) is 112 cm³/mol. The van der Waals surface area contributed by atoms with Crippen LogP contribution < -0.4 is 0 Å². The number of rotatable bonds is 5. The molecule has 0 radical (unpaired) electrons. The van der Waals surface area contributed by atoms with E-state index in [-0.39, 0.29) is 5.92 Å². The molecule has 2 aliphatic carbocycles. The van der Waals surface area contributed by atoms with Crippen LogP contribution in [0.2, 0.25) is 0 Å². The summed E-state index contributed by atoms with van der Waals surface area (Å²) in [5, 5.41) is 0. The maximum absolute atomic E-state index is 12.8. The second-order valence-electron chi connectivity index (χ2n) is 9.22. The third kappa shape index (κ3) is 4.50. The molecule has 3 aliphatic rings. The van der Waals surface area contributed by atoms with E-state index in [1.54, 1.807) is 0 Å². The first-order valence-electron chi connectivity index (χ1n) is 11.6. The van der Waals surface area contributed by atoms with Crippen LogP contribution in [0.5, 0.6) is 0 Å². The Morgan fingerprint density at radius 3 is 2.57 bits per heavy atom. The molecular formula is C25H35NO2. The molecule has 1 aromatic rings. The van der Waals surface area contributed by atoms with Gasteiger partial charge >= 0.3 is 0 Å². The third-order valence-corrected chi connectivity index (χ3v) is 7.42. The van der Waals surface area contributed by atoms with Gasteiger partial charge < -0.3 is 4.90 Å². The zero-order valence-electron chi connectivity index (χ0n) is 17.2. The van der Waals surface area contributed by atoms with Crippen molar-refractivity contribution in [2.24, 2.45) is 11.8 Å². The molecule has 3 atom stereocenters. The van der Waals surface area contributed by atoms with Gasteiger partial charge in [0.15, 0.2) is 0 Å². The van der Waals surface area contributed by atoms with Crippen LogP contribution in [-0.2, 0) is 22.4 Å². The van der Waals surface area contributed by atoms with Crippen LogP contribution in [0, 0.1) is 11.8 Å². The summed E-state index contributed by atoms with van der Waals surface area (Å²) in [6, 6.07) is 9.06. The number of amides is 1. The maximum atomic E-state index is 12.8. The Kier molecular flexibility index (Phi) is 6.49. The third-order valence-electron chi connectivity index (χ3n) is 7.42. The number of fused-ring (bicyclic) bond motifs is 2. The number of nitrogens with zero attached hydrogens (tertiary/aromatic N) is 1.